The zero-order chi connectivity index (χ0) is 18.8. The number of hydrogen-bond donors (Lipinski definition) is 1. The Kier molecular flexibility index (Phi) is 4.33. The Morgan fingerprint density at radius 3 is 2.81 bits per heavy atom. The maximum Gasteiger partial charge on any atom is 0.376 e. The third kappa shape index (κ3) is 3.26. The van der Waals surface area contributed by atoms with E-state index < -0.39 is 16.2 Å². The molecule has 0 fully saturated rings. The third-order valence-electron chi connectivity index (χ3n) is 4.21. The quantitative estimate of drug-likeness (QED) is 0.542. The first-order valence-electron chi connectivity index (χ1n) is 8.41. The fourth-order valence-corrected chi connectivity index (χ4v) is 2.94. The van der Waals surface area contributed by atoms with Gasteiger partial charge in [-0.15, -0.1) is 0 Å². The molecule has 0 spiro atoms. The number of hydrogen-bond acceptors (Lipinski definition) is 7. The summed E-state index contributed by atoms with van der Waals surface area (Å²) in [6, 6.07) is 10.6. The van der Waals surface area contributed by atoms with Crippen molar-refractivity contribution >= 4 is 17.2 Å². The first-order chi connectivity index (χ1) is 13.1. The molecule has 0 saturated heterocycles. The second kappa shape index (κ2) is 6.94. The molecular weight excluding hydrogens is 352 g/mol. The highest BCUT2D eigenvalue weighted by molar-refractivity contribution is 5.59. The number of fused-ring (bicyclic) bond motifs is 2. The predicted octanol–water partition coefficient (Wildman–Crippen LogP) is 2.03. The van der Waals surface area contributed by atoms with Crippen molar-refractivity contribution in [2.75, 3.05) is 25.1 Å². The summed E-state index contributed by atoms with van der Waals surface area (Å²) in [7, 11) is 0. The number of rotatable bonds is 5. The Labute approximate surface area is 153 Å². The molecule has 3 heterocycles. The van der Waals surface area contributed by atoms with Crippen LogP contribution in [0.15, 0.2) is 47.4 Å². The number of benzene rings is 1. The van der Waals surface area contributed by atoms with Crippen molar-refractivity contribution in [1.82, 2.24) is 9.38 Å². The zero-order valence-electron chi connectivity index (χ0n) is 14.3. The van der Waals surface area contributed by atoms with Crippen molar-refractivity contribution < 1.29 is 14.4 Å². The van der Waals surface area contributed by atoms with Gasteiger partial charge in [-0.25, -0.2) is 4.98 Å². The molecule has 4 rings (SSSR count). The molecule has 0 unspecified atom stereocenters. The zero-order valence-corrected chi connectivity index (χ0v) is 14.3. The van der Waals surface area contributed by atoms with Crippen LogP contribution < -0.4 is 20.3 Å². The molecule has 0 radical (unpaired) electrons. The topological polar surface area (TPSA) is 108 Å². The number of anilines is 1. The minimum absolute atomic E-state index is 0.0336. The van der Waals surface area contributed by atoms with Gasteiger partial charge in [-0.1, -0.05) is 12.1 Å². The highest BCUT2D eigenvalue weighted by atomic mass is 16.6. The summed E-state index contributed by atoms with van der Waals surface area (Å²) in [4.78, 5) is 27.3. The van der Waals surface area contributed by atoms with Gasteiger partial charge in [-0.2, -0.15) is 0 Å². The van der Waals surface area contributed by atoms with Gasteiger partial charge in [0.1, 0.15) is 18.9 Å². The summed E-state index contributed by atoms with van der Waals surface area (Å²) >= 11 is 0. The van der Waals surface area contributed by atoms with E-state index in [9.17, 15) is 14.9 Å². The number of aromatic nitrogens is 2. The Morgan fingerprint density at radius 1 is 1.19 bits per heavy atom. The molecule has 0 bridgehead atoms. The van der Waals surface area contributed by atoms with E-state index in [4.69, 9.17) is 9.47 Å². The van der Waals surface area contributed by atoms with Gasteiger partial charge in [0.25, 0.3) is 0 Å². The van der Waals surface area contributed by atoms with Gasteiger partial charge in [-0.05, 0) is 36.2 Å². The van der Waals surface area contributed by atoms with Crippen molar-refractivity contribution in [3.05, 3.63) is 68.6 Å². The molecule has 1 aliphatic rings. The SMILES string of the molecule is O=c1c([N+](=O)[O-])c(NCCc2ccc3c(c2)OCCO3)nc2ccccn12. The maximum absolute atomic E-state index is 12.4. The van der Waals surface area contributed by atoms with E-state index in [0.29, 0.717) is 43.3 Å². The van der Waals surface area contributed by atoms with Crippen molar-refractivity contribution in [2.24, 2.45) is 0 Å². The molecule has 0 saturated carbocycles. The first kappa shape index (κ1) is 16.8. The van der Waals surface area contributed by atoms with Gasteiger partial charge < -0.3 is 14.8 Å². The van der Waals surface area contributed by atoms with Crippen LogP contribution in [-0.4, -0.2) is 34.1 Å². The van der Waals surface area contributed by atoms with Crippen LogP contribution in [0.25, 0.3) is 5.65 Å². The van der Waals surface area contributed by atoms with Crippen LogP contribution in [0.2, 0.25) is 0 Å². The highest BCUT2D eigenvalue weighted by Gasteiger charge is 2.23. The molecule has 9 heteroatoms. The number of nitro groups is 1. The third-order valence-corrected chi connectivity index (χ3v) is 4.21. The predicted molar refractivity (Wildman–Crippen MR) is 97.7 cm³/mol. The lowest BCUT2D eigenvalue weighted by Crippen LogP contribution is -2.21. The van der Waals surface area contributed by atoms with E-state index >= 15 is 0 Å². The molecule has 2 aromatic heterocycles. The van der Waals surface area contributed by atoms with Gasteiger partial charge in [0.2, 0.25) is 5.82 Å². The van der Waals surface area contributed by atoms with Crippen LogP contribution in [0, 0.1) is 10.1 Å². The minimum atomic E-state index is -0.715. The van der Waals surface area contributed by atoms with Crippen molar-refractivity contribution in [2.45, 2.75) is 6.42 Å². The number of nitrogens with one attached hydrogen (secondary N) is 1. The first-order valence-corrected chi connectivity index (χ1v) is 8.41. The number of ether oxygens (including phenoxy) is 2. The van der Waals surface area contributed by atoms with Crippen LogP contribution in [0.1, 0.15) is 5.56 Å². The van der Waals surface area contributed by atoms with Gasteiger partial charge >= 0.3 is 11.2 Å². The van der Waals surface area contributed by atoms with E-state index in [-0.39, 0.29) is 5.82 Å². The van der Waals surface area contributed by atoms with Gasteiger partial charge in [0.15, 0.2) is 11.5 Å². The maximum atomic E-state index is 12.4. The molecule has 9 nitrogen and oxygen atoms in total. The second-order valence-electron chi connectivity index (χ2n) is 5.95. The summed E-state index contributed by atoms with van der Waals surface area (Å²) in [6.45, 7) is 1.41. The normalized spacial score (nSPS) is 12.7. The van der Waals surface area contributed by atoms with Gasteiger partial charge in [-0.3, -0.25) is 19.3 Å². The molecule has 1 N–H and O–H groups in total. The summed E-state index contributed by atoms with van der Waals surface area (Å²) in [6.07, 6.45) is 2.03. The summed E-state index contributed by atoms with van der Waals surface area (Å²) < 4.78 is 12.2. The lowest BCUT2D eigenvalue weighted by Gasteiger charge is -2.18. The average molecular weight is 368 g/mol. The summed E-state index contributed by atoms with van der Waals surface area (Å²) in [5.74, 6) is 1.36. The number of nitrogens with zero attached hydrogens (tertiary/aromatic N) is 3. The summed E-state index contributed by atoms with van der Waals surface area (Å²) in [5.41, 5.74) is 0.0372. The average Bonchev–Trinajstić information content (AvgIpc) is 2.68. The molecular formula is C18H16N4O5. The lowest BCUT2D eigenvalue weighted by atomic mass is 10.1. The Bertz CT molecular complexity index is 1080. The standard InChI is InChI=1S/C18H16N4O5/c23-18-16(22(24)25)17(20-15-3-1-2-8-21(15)18)19-7-6-12-4-5-13-14(11-12)27-10-9-26-13/h1-5,8,11,19H,6-7,9-10H2. The van der Waals surface area contributed by atoms with Crippen LogP contribution in [0.4, 0.5) is 11.5 Å². The van der Waals surface area contributed by atoms with Crippen molar-refractivity contribution in [1.29, 1.82) is 0 Å². The smallest absolute Gasteiger partial charge is 0.376 e. The van der Waals surface area contributed by atoms with E-state index in [1.165, 1.54) is 6.20 Å². The molecule has 27 heavy (non-hydrogen) atoms. The molecule has 138 valence electrons. The fourth-order valence-electron chi connectivity index (χ4n) is 2.94. The minimum Gasteiger partial charge on any atom is -0.486 e. The molecule has 0 atom stereocenters. The lowest BCUT2D eigenvalue weighted by molar-refractivity contribution is -0.385. The number of pyridine rings is 1. The van der Waals surface area contributed by atoms with E-state index in [0.717, 1.165) is 9.96 Å². The van der Waals surface area contributed by atoms with Crippen molar-refractivity contribution in [3.63, 3.8) is 0 Å². The van der Waals surface area contributed by atoms with E-state index in [1.807, 2.05) is 18.2 Å². The largest absolute Gasteiger partial charge is 0.486 e. The Hall–Kier alpha value is -3.62. The highest BCUT2D eigenvalue weighted by Crippen LogP contribution is 2.30. The molecule has 0 amide bonds. The van der Waals surface area contributed by atoms with Crippen LogP contribution in [-0.2, 0) is 6.42 Å². The summed E-state index contributed by atoms with van der Waals surface area (Å²) in [5, 5.41) is 14.3. The monoisotopic (exact) mass is 368 g/mol. The van der Waals surface area contributed by atoms with E-state index in [2.05, 4.69) is 10.3 Å². The fraction of sp³-hybridized carbons (Fsp3) is 0.222. The van der Waals surface area contributed by atoms with Crippen molar-refractivity contribution in [3.8, 4) is 11.5 Å². The molecule has 0 aliphatic carbocycles. The molecule has 1 aromatic carbocycles. The van der Waals surface area contributed by atoms with Crippen LogP contribution >= 0.6 is 0 Å². The Morgan fingerprint density at radius 2 is 2.00 bits per heavy atom. The van der Waals surface area contributed by atoms with Crippen LogP contribution in [0.3, 0.4) is 0 Å². The van der Waals surface area contributed by atoms with Crippen LogP contribution in [0.5, 0.6) is 11.5 Å². The molecule has 1 aliphatic heterocycles. The molecule has 3 aromatic rings. The van der Waals surface area contributed by atoms with Gasteiger partial charge in [0, 0.05) is 12.7 Å². The Balaban J connectivity index is 1.56. The van der Waals surface area contributed by atoms with E-state index in [1.54, 1.807) is 18.2 Å². The van der Waals surface area contributed by atoms with Gasteiger partial charge in [0.05, 0.1) is 4.92 Å². The second-order valence-corrected chi connectivity index (χ2v) is 5.95.